The summed E-state index contributed by atoms with van der Waals surface area (Å²) < 4.78 is 5.03. The molecule has 2 unspecified atom stereocenters. The number of carbonyl (C=O) groups excluding carboxylic acids is 2. The summed E-state index contributed by atoms with van der Waals surface area (Å²) in [4.78, 5) is 25.6. The Balaban J connectivity index is 2.45. The summed E-state index contributed by atoms with van der Waals surface area (Å²) in [5.74, 6) is -0.284. The van der Waals surface area contributed by atoms with Gasteiger partial charge in [0.05, 0.1) is 12.5 Å². The van der Waals surface area contributed by atoms with E-state index in [1.807, 2.05) is 0 Å². The predicted octanol–water partition coefficient (Wildman–Crippen LogP) is 1.31. The summed E-state index contributed by atoms with van der Waals surface area (Å²) in [5.41, 5.74) is 5.89. The number of nitrogens with zero attached hydrogens (tertiary/aromatic N) is 1. The van der Waals surface area contributed by atoms with Crippen LogP contribution in [0, 0.1) is 5.92 Å². The van der Waals surface area contributed by atoms with Crippen LogP contribution in [0.5, 0.6) is 0 Å². The fraction of sp³-hybridized carbons (Fsp3) is 0.857. The molecule has 0 saturated carbocycles. The number of carbonyl (C=O) groups is 2. The molecule has 1 saturated heterocycles. The summed E-state index contributed by atoms with van der Waals surface area (Å²) >= 11 is 0. The quantitative estimate of drug-likeness (QED) is 0.738. The van der Waals surface area contributed by atoms with E-state index in [2.05, 4.69) is 6.92 Å². The first-order valence-electron chi connectivity index (χ1n) is 7.28. The van der Waals surface area contributed by atoms with Gasteiger partial charge in [0.2, 0.25) is 5.91 Å². The molecular weight excluding hydrogens is 244 g/mol. The third-order valence-electron chi connectivity index (χ3n) is 3.49. The molecule has 1 fully saturated rings. The average Bonchev–Trinajstić information content (AvgIpc) is 2.39. The van der Waals surface area contributed by atoms with E-state index in [1.165, 1.54) is 0 Å². The molecule has 5 heteroatoms. The van der Waals surface area contributed by atoms with Crippen LogP contribution in [0.15, 0.2) is 0 Å². The SMILES string of the molecule is CCCC(N)CC(=O)N1CCCC(C(=O)OCC)C1. The average molecular weight is 270 g/mol. The number of ether oxygens (including phenoxy) is 1. The van der Waals surface area contributed by atoms with Crippen molar-refractivity contribution in [2.75, 3.05) is 19.7 Å². The number of likely N-dealkylation sites (tertiary alicyclic amines) is 1. The summed E-state index contributed by atoms with van der Waals surface area (Å²) in [7, 11) is 0. The van der Waals surface area contributed by atoms with Crippen molar-refractivity contribution in [3.05, 3.63) is 0 Å². The lowest BCUT2D eigenvalue weighted by Gasteiger charge is -2.32. The van der Waals surface area contributed by atoms with Crippen molar-refractivity contribution in [3.63, 3.8) is 0 Å². The number of esters is 1. The van der Waals surface area contributed by atoms with E-state index < -0.39 is 0 Å². The molecular formula is C14H26N2O3. The highest BCUT2D eigenvalue weighted by molar-refractivity contribution is 5.79. The van der Waals surface area contributed by atoms with Crippen LogP contribution in [0.4, 0.5) is 0 Å². The first-order chi connectivity index (χ1) is 9.08. The maximum absolute atomic E-state index is 12.1. The summed E-state index contributed by atoms with van der Waals surface area (Å²) in [6.45, 7) is 5.46. The Labute approximate surface area is 115 Å². The van der Waals surface area contributed by atoms with E-state index in [4.69, 9.17) is 10.5 Å². The van der Waals surface area contributed by atoms with E-state index in [1.54, 1.807) is 11.8 Å². The molecule has 0 bridgehead atoms. The van der Waals surface area contributed by atoms with Gasteiger partial charge in [-0.2, -0.15) is 0 Å². The minimum absolute atomic E-state index is 0.0648. The van der Waals surface area contributed by atoms with Gasteiger partial charge >= 0.3 is 5.97 Å². The molecule has 1 rings (SSSR count). The first kappa shape index (κ1) is 16.0. The van der Waals surface area contributed by atoms with Crippen molar-refractivity contribution in [1.82, 2.24) is 4.90 Å². The number of nitrogens with two attached hydrogens (primary N) is 1. The fourth-order valence-corrected chi connectivity index (χ4v) is 2.48. The van der Waals surface area contributed by atoms with Gasteiger partial charge in [-0.05, 0) is 26.2 Å². The number of rotatable bonds is 6. The molecule has 1 aliphatic rings. The molecule has 5 nitrogen and oxygen atoms in total. The van der Waals surface area contributed by atoms with E-state index in [0.717, 1.165) is 32.2 Å². The van der Waals surface area contributed by atoms with Crippen LogP contribution in [0.3, 0.4) is 0 Å². The first-order valence-corrected chi connectivity index (χ1v) is 7.28. The van der Waals surface area contributed by atoms with E-state index in [9.17, 15) is 9.59 Å². The van der Waals surface area contributed by atoms with Crippen molar-refractivity contribution in [1.29, 1.82) is 0 Å². The molecule has 1 amide bonds. The highest BCUT2D eigenvalue weighted by Gasteiger charge is 2.29. The standard InChI is InChI=1S/C14H26N2O3/c1-3-6-12(15)9-13(17)16-8-5-7-11(10-16)14(18)19-4-2/h11-12H,3-10,15H2,1-2H3. The molecule has 2 N–H and O–H groups in total. The van der Waals surface area contributed by atoms with Gasteiger partial charge in [0.15, 0.2) is 0 Å². The second kappa shape index (κ2) is 8.15. The lowest BCUT2D eigenvalue weighted by atomic mass is 9.97. The molecule has 0 aromatic carbocycles. The second-order valence-corrected chi connectivity index (χ2v) is 5.18. The maximum Gasteiger partial charge on any atom is 0.310 e. The molecule has 1 heterocycles. The van der Waals surface area contributed by atoms with Gasteiger partial charge in [-0.25, -0.2) is 0 Å². The minimum atomic E-state index is -0.183. The van der Waals surface area contributed by atoms with E-state index >= 15 is 0 Å². The molecule has 0 radical (unpaired) electrons. The van der Waals surface area contributed by atoms with Crippen LogP contribution < -0.4 is 5.73 Å². The van der Waals surface area contributed by atoms with Gasteiger partial charge in [-0.15, -0.1) is 0 Å². The molecule has 110 valence electrons. The Kier molecular flexibility index (Phi) is 6.84. The number of amides is 1. The van der Waals surface area contributed by atoms with Crippen LogP contribution in [-0.4, -0.2) is 42.5 Å². The van der Waals surface area contributed by atoms with Crippen LogP contribution in [0.1, 0.15) is 46.0 Å². The van der Waals surface area contributed by atoms with Crippen LogP contribution >= 0.6 is 0 Å². The molecule has 0 aromatic heterocycles. The lowest BCUT2D eigenvalue weighted by molar-refractivity contribution is -0.151. The third kappa shape index (κ3) is 5.19. The highest BCUT2D eigenvalue weighted by atomic mass is 16.5. The largest absolute Gasteiger partial charge is 0.466 e. The van der Waals surface area contributed by atoms with Crippen LogP contribution in [-0.2, 0) is 14.3 Å². The number of piperidine rings is 1. The van der Waals surface area contributed by atoms with Gasteiger partial charge in [0.1, 0.15) is 0 Å². The van der Waals surface area contributed by atoms with Crippen molar-refractivity contribution in [3.8, 4) is 0 Å². The summed E-state index contributed by atoms with van der Waals surface area (Å²) in [5, 5.41) is 0. The highest BCUT2D eigenvalue weighted by Crippen LogP contribution is 2.19. The minimum Gasteiger partial charge on any atom is -0.466 e. The van der Waals surface area contributed by atoms with Crippen molar-refractivity contribution in [2.24, 2.45) is 11.7 Å². The smallest absolute Gasteiger partial charge is 0.310 e. The van der Waals surface area contributed by atoms with Crippen molar-refractivity contribution in [2.45, 2.75) is 52.0 Å². The zero-order valence-corrected chi connectivity index (χ0v) is 12.1. The normalized spacial score (nSPS) is 21.0. The molecule has 0 spiro atoms. The molecule has 0 aliphatic carbocycles. The number of hydrogen-bond donors (Lipinski definition) is 1. The fourth-order valence-electron chi connectivity index (χ4n) is 2.48. The molecule has 0 aromatic rings. The molecule has 1 aliphatic heterocycles. The van der Waals surface area contributed by atoms with Crippen molar-refractivity contribution < 1.29 is 14.3 Å². The lowest BCUT2D eigenvalue weighted by Crippen LogP contribution is -2.44. The third-order valence-corrected chi connectivity index (χ3v) is 3.49. The van der Waals surface area contributed by atoms with Crippen LogP contribution in [0.2, 0.25) is 0 Å². The summed E-state index contributed by atoms with van der Waals surface area (Å²) in [6.07, 6.45) is 3.89. The van der Waals surface area contributed by atoms with Crippen molar-refractivity contribution >= 4 is 11.9 Å². The van der Waals surface area contributed by atoms with Crippen LogP contribution in [0.25, 0.3) is 0 Å². The number of hydrogen-bond acceptors (Lipinski definition) is 4. The zero-order chi connectivity index (χ0) is 14.3. The Hall–Kier alpha value is -1.10. The monoisotopic (exact) mass is 270 g/mol. The van der Waals surface area contributed by atoms with E-state index in [0.29, 0.717) is 19.6 Å². The van der Waals surface area contributed by atoms with Gasteiger partial charge in [0, 0.05) is 25.6 Å². The van der Waals surface area contributed by atoms with E-state index in [-0.39, 0.29) is 23.8 Å². The summed E-state index contributed by atoms with van der Waals surface area (Å²) in [6, 6.07) is -0.0690. The van der Waals surface area contributed by atoms with Gasteiger partial charge in [0.25, 0.3) is 0 Å². The maximum atomic E-state index is 12.1. The van der Waals surface area contributed by atoms with Gasteiger partial charge in [-0.3, -0.25) is 9.59 Å². The van der Waals surface area contributed by atoms with Gasteiger partial charge < -0.3 is 15.4 Å². The molecule has 2 atom stereocenters. The Morgan fingerprint density at radius 1 is 1.42 bits per heavy atom. The zero-order valence-electron chi connectivity index (χ0n) is 12.1. The Bertz CT molecular complexity index is 307. The Morgan fingerprint density at radius 2 is 2.16 bits per heavy atom. The Morgan fingerprint density at radius 3 is 2.79 bits per heavy atom. The van der Waals surface area contributed by atoms with Gasteiger partial charge in [-0.1, -0.05) is 13.3 Å². The second-order valence-electron chi connectivity index (χ2n) is 5.18. The predicted molar refractivity (Wildman–Crippen MR) is 73.4 cm³/mol. The topological polar surface area (TPSA) is 72.6 Å². The molecule has 19 heavy (non-hydrogen) atoms.